The van der Waals surface area contributed by atoms with E-state index in [1.165, 1.54) is 0 Å². The summed E-state index contributed by atoms with van der Waals surface area (Å²) in [7, 11) is 0. The molecular weight excluding hydrogens is 236 g/mol. The summed E-state index contributed by atoms with van der Waals surface area (Å²) in [6.45, 7) is 4.16. The van der Waals surface area contributed by atoms with Crippen LogP contribution in [0.25, 0.3) is 0 Å². The number of nitrogens with zero attached hydrogens (tertiary/aromatic N) is 1. The van der Waals surface area contributed by atoms with Crippen molar-refractivity contribution in [1.82, 2.24) is 4.98 Å². The molecule has 1 N–H and O–H groups in total. The average Bonchev–Trinajstić information content (AvgIpc) is 2.30. The monoisotopic (exact) mass is 254 g/mol. The average molecular weight is 255 g/mol. The quantitative estimate of drug-likeness (QED) is 0.783. The SMILES string of the molecule is CCCCC(CC)C(=O)Nc1cccc(Cl)n1. The topological polar surface area (TPSA) is 42.0 Å². The Morgan fingerprint density at radius 2 is 2.24 bits per heavy atom. The van der Waals surface area contributed by atoms with E-state index < -0.39 is 0 Å². The number of hydrogen-bond acceptors (Lipinski definition) is 2. The van der Waals surface area contributed by atoms with Gasteiger partial charge in [-0.15, -0.1) is 0 Å². The highest BCUT2D eigenvalue weighted by atomic mass is 35.5. The van der Waals surface area contributed by atoms with Crippen molar-refractivity contribution >= 4 is 23.3 Å². The summed E-state index contributed by atoms with van der Waals surface area (Å²) in [5, 5.41) is 3.20. The van der Waals surface area contributed by atoms with Gasteiger partial charge in [-0.05, 0) is 25.0 Å². The Labute approximate surface area is 108 Å². The number of rotatable bonds is 6. The number of hydrogen-bond donors (Lipinski definition) is 1. The molecule has 17 heavy (non-hydrogen) atoms. The third-order valence-corrected chi connectivity index (χ3v) is 2.95. The number of anilines is 1. The van der Waals surface area contributed by atoms with Crippen LogP contribution in [0.4, 0.5) is 5.82 Å². The van der Waals surface area contributed by atoms with Crippen LogP contribution in [0.5, 0.6) is 0 Å². The molecule has 0 aliphatic heterocycles. The van der Waals surface area contributed by atoms with E-state index in [1.807, 2.05) is 6.92 Å². The zero-order chi connectivity index (χ0) is 12.7. The maximum absolute atomic E-state index is 12.0. The summed E-state index contributed by atoms with van der Waals surface area (Å²) in [6.07, 6.45) is 3.97. The predicted molar refractivity (Wildman–Crippen MR) is 71.2 cm³/mol. The van der Waals surface area contributed by atoms with Crippen molar-refractivity contribution in [2.45, 2.75) is 39.5 Å². The molecule has 1 heterocycles. The minimum atomic E-state index is 0.0377. The summed E-state index contributed by atoms with van der Waals surface area (Å²) in [5.41, 5.74) is 0. The van der Waals surface area contributed by atoms with Crippen molar-refractivity contribution in [2.24, 2.45) is 5.92 Å². The highest BCUT2D eigenvalue weighted by Gasteiger charge is 2.16. The van der Waals surface area contributed by atoms with Crippen LogP contribution in [0, 0.1) is 5.92 Å². The second kappa shape index (κ2) is 7.28. The fraction of sp³-hybridized carbons (Fsp3) is 0.538. The molecule has 0 spiro atoms. The molecule has 1 aromatic rings. The van der Waals surface area contributed by atoms with Crippen LogP contribution in [0.2, 0.25) is 5.15 Å². The Morgan fingerprint density at radius 3 is 2.82 bits per heavy atom. The maximum atomic E-state index is 12.0. The van der Waals surface area contributed by atoms with Crippen molar-refractivity contribution in [3.63, 3.8) is 0 Å². The second-order valence-corrected chi connectivity index (χ2v) is 4.47. The molecule has 0 radical (unpaired) electrons. The van der Waals surface area contributed by atoms with Gasteiger partial charge in [-0.3, -0.25) is 4.79 Å². The van der Waals surface area contributed by atoms with Crippen molar-refractivity contribution in [3.05, 3.63) is 23.4 Å². The molecule has 94 valence electrons. The summed E-state index contributed by atoms with van der Waals surface area (Å²) in [4.78, 5) is 16.0. The first-order valence-electron chi connectivity index (χ1n) is 6.10. The van der Waals surface area contributed by atoms with Crippen molar-refractivity contribution in [3.8, 4) is 0 Å². The Morgan fingerprint density at radius 1 is 1.47 bits per heavy atom. The van der Waals surface area contributed by atoms with Crippen LogP contribution in [0.1, 0.15) is 39.5 Å². The Hall–Kier alpha value is -1.09. The van der Waals surface area contributed by atoms with Gasteiger partial charge in [-0.2, -0.15) is 0 Å². The molecule has 4 heteroatoms. The molecule has 1 rings (SSSR count). The van der Waals surface area contributed by atoms with Gasteiger partial charge in [0.1, 0.15) is 11.0 Å². The van der Waals surface area contributed by atoms with Gasteiger partial charge in [0.05, 0.1) is 0 Å². The Kier molecular flexibility index (Phi) is 5.98. The fourth-order valence-electron chi connectivity index (χ4n) is 1.68. The minimum Gasteiger partial charge on any atom is -0.310 e. The summed E-state index contributed by atoms with van der Waals surface area (Å²) in [5.74, 6) is 0.629. The zero-order valence-corrected chi connectivity index (χ0v) is 11.1. The van der Waals surface area contributed by atoms with Crippen LogP contribution < -0.4 is 5.32 Å². The third-order valence-electron chi connectivity index (χ3n) is 2.74. The van der Waals surface area contributed by atoms with Gasteiger partial charge in [-0.1, -0.05) is 44.4 Å². The summed E-state index contributed by atoms with van der Waals surface area (Å²) in [6, 6.07) is 5.21. The number of carbonyl (C=O) groups is 1. The lowest BCUT2D eigenvalue weighted by atomic mass is 9.98. The number of unbranched alkanes of at least 4 members (excludes halogenated alkanes) is 1. The molecule has 0 saturated carbocycles. The van der Waals surface area contributed by atoms with Crippen LogP contribution in [-0.2, 0) is 4.79 Å². The largest absolute Gasteiger partial charge is 0.310 e. The lowest BCUT2D eigenvalue weighted by Gasteiger charge is -2.14. The lowest BCUT2D eigenvalue weighted by molar-refractivity contribution is -0.120. The molecule has 1 aromatic heterocycles. The van der Waals surface area contributed by atoms with E-state index >= 15 is 0 Å². The van der Waals surface area contributed by atoms with Gasteiger partial charge in [-0.25, -0.2) is 4.98 Å². The Balaban J connectivity index is 2.57. The van der Waals surface area contributed by atoms with E-state index in [-0.39, 0.29) is 11.8 Å². The van der Waals surface area contributed by atoms with Crippen LogP contribution in [-0.4, -0.2) is 10.9 Å². The predicted octanol–water partition coefficient (Wildman–Crippen LogP) is 3.89. The third kappa shape index (κ3) is 4.73. The molecule has 1 unspecified atom stereocenters. The molecule has 0 bridgehead atoms. The van der Waals surface area contributed by atoms with Gasteiger partial charge in [0.2, 0.25) is 5.91 Å². The summed E-state index contributed by atoms with van der Waals surface area (Å²) < 4.78 is 0. The normalized spacial score (nSPS) is 12.2. The first-order valence-corrected chi connectivity index (χ1v) is 6.48. The van der Waals surface area contributed by atoms with E-state index in [2.05, 4.69) is 17.2 Å². The molecule has 0 aliphatic rings. The molecule has 0 saturated heterocycles. The summed E-state index contributed by atoms with van der Waals surface area (Å²) >= 11 is 5.76. The van der Waals surface area contributed by atoms with E-state index in [4.69, 9.17) is 11.6 Å². The van der Waals surface area contributed by atoms with Crippen LogP contribution in [0.15, 0.2) is 18.2 Å². The smallest absolute Gasteiger partial charge is 0.228 e. The highest BCUT2D eigenvalue weighted by Crippen LogP contribution is 2.16. The fourth-order valence-corrected chi connectivity index (χ4v) is 1.84. The number of nitrogens with one attached hydrogen (secondary N) is 1. The van der Waals surface area contributed by atoms with E-state index in [0.29, 0.717) is 11.0 Å². The number of halogens is 1. The van der Waals surface area contributed by atoms with Crippen molar-refractivity contribution in [2.75, 3.05) is 5.32 Å². The van der Waals surface area contributed by atoms with Crippen molar-refractivity contribution < 1.29 is 4.79 Å². The van der Waals surface area contributed by atoms with E-state index in [0.717, 1.165) is 25.7 Å². The first-order chi connectivity index (χ1) is 8.17. The maximum Gasteiger partial charge on any atom is 0.228 e. The van der Waals surface area contributed by atoms with Gasteiger partial charge >= 0.3 is 0 Å². The molecule has 0 aliphatic carbocycles. The van der Waals surface area contributed by atoms with Gasteiger partial charge in [0.25, 0.3) is 0 Å². The molecule has 0 fully saturated rings. The molecule has 1 amide bonds. The number of amides is 1. The molecule has 3 nitrogen and oxygen atoms in total. The number of carbonyl (C=O) groups excluding carboxylic acids is 1. The highest BCUT2D eigenvalue weighted by molar-refractivity contribution is 6.29. The lowest BCUT2D eigenvalue weighted by Crippen LogP contribution is -2.22. The molecule has 0 aromatic carbocycles. The van der Waals surface area contributed by atoms with Crippen molar-refractivity contribution in [1.29, 1.82) is 0 Å². The number of pyridine rings is 1. The number of aromatic nitrogens is 1. The first kappa shape index (κ1) is 14.0. The standard InChI is InChI=1S/C13H19ClN2O/c1-3-5-7-10(4-2)13(17)16-12-9-6-8-11(14)15-12/h6,8-10H,3-5,7H2,1-2H3,(H,15,16,17). The van der Waals surface area contributed by atoms with Gasteiger partial charge in [0, 0.05) is 5.92 Å². The molecular formula is C13H19ClN2O. The van der Waals surface area contributed by atoms with Crippen LogP contribution >= 0.6 is 11.6 Å². The zero-order valence-electron chi connectivity index (χ0n) is 10.4. The van der Waals surface area contributed by atoms with Crippen LogP contribution in [0.3, 0.4) is 0 Å². The second-order valence-electron chi connectivity index (χ2n) is 4.08. The van der Waals surface area contributed by atoms with Gasteiger partial charge in [0.15, 0.2) is 0 Å². The minimum absolute atomic E-state index is 0.0377. The van der Waals surface area contributed by atoms with E-state index in [9.17, 15) is 4.79 Å². The van der Waals surface area contributed by atoms with E-state index in [1.54, 1.807) is 18.2 Å². The molecule has 1 atom stereocenters. The Bertz CT molecular complexity index is 368. The van der Waals surface area contributed by atoms with Gasteiger partial charge < -0.3 is 5.32 Å².